The molecule has 0 spiro atoms. The van der Waals surface area contributed by atoms with Gasteiger partial charge < -0.3 is 5.32 Å². The summed E-state index contributed by atoms with van der Waals surface area (Å²) < 4.78 is 48.9. The molecule has 1 aromatic carbocycles. The molecule has 2 atom stereocenters. The second-order valence-electron chi connectivity index (χ2n) is 4.17. The first kappa shape index (κ1) is 16.2. The largest absolute Gasteiger partial charge is 0.390 e. The zero-order valence-electron chi connectivity index (χ0n) is 10.7. The lowest BCUT2D eigenvalue weighted by molar-refractivity contribution is -0.140. The Morgan fingerprint density at radius 2 is 1.89 bits per heavy atom. The van der Waals surface area contributed by atoms with Gasteiger partial charge in [0.25, 0.3) is 0 Å². The average Bonchev–Trinajstić information content (AvgIpc) is 2.37. The van der Waals surface area contributed by atoms with Gasteiger partial charge in [0.1, 0.15) is 0 Å². The van der Waals surface area contributed by atoms with E-state index in [0.29, 0.717) is 23.6 Å². The van der Waals surface area contributed by atoms with Crippen molar-refractivity contribution in [3.05, 3.63) is 35.9 Å². The van der Waals surface area contributed by atoms with Gasteiger partial charge in [-0.1, -0.05) is 37.3 Å². The second-order valence-corrected chi connectivity index (χ2v) is 6.03. The molecule has 6 heteroatoms. The van der Waals surface area contributed by atoms with Crippen LogP contribution < -0.4 is 5.32 Å². The standard InChI is InChI=1S/C13H18F3NOS/c1-2-19(18)9-8-17-12(10-13(14,15)16)11-6-4-3-5-7-11/h3-7,12,17H,2,8-10H2,1H3. The maximum Gasteiger partial charge on any atom is 0.390 e. The Morgan fingerprint density at radius 1 is 1.26 bits per heavy atom. The Balaban J connectivity index is 2.63. The van der Waals surface area contributed by atoms with Gasteiger partial charge in [0.05, 0.1) is 6.42 Å². The van der Waals surface area contributed by atoms with Crippen LogP contribution in [0.2, 0.25) is 0 Å². The topological polar surface area (TPSA) is 29.1 Å². The first-order chi connectivity index (χ1) is 8.92. The van der Waals surface area contributed by atoms with E-state index in [1.54, 1.807) is 37.3 Å². The first-order valence-electron chi connectivity index (χ1n) is 6.12. The van der Waals surface area contributed by atoms with Gasteiger partial charge in [-0.3, -0.25) is 4.21 Å². The molecular formula is C13H18F3NOS. The fourth-order valence-corrected chi connectivity index (χ4v) is 2.35. The van der Waals surface area contributed by atoms with Crippen LogP contribution in [-0.4, -0.2) is 28.4 Å². The summed E-state index contributed by atoms with van der Waals surface area (Å²) in [7, 11) is -0.967. The molecule has 1 rings (SSSR count). The van der Waals surface area contributed by atoms with E-state index in [2.05, 4.69) is 5.32 Å². The van der Waals surface area contributed by atoms with Crippen molar-refractivity contribution in [1.82, 2.24) is 5.32 Å². The minimum absolute atomic E-state index is 0.316. The van der Waals surface area contributed by atoms with Crippen LogP contribution in [0.4, 0.5) is 13.2 Å². The number of benzene rings is 1. The van der Waals surface area contributed by atoms with Crippen LogP contribution in [-0.2, 0) is 10.8 Å². The lowest BCUT2D eigenvalue weighted by Crippen LogP contribution is -2.30. The molecule has 0 bridgehead atoms. The third kappa shape index (κ3) is 6.73. The highest BCUT2D eigenvalue weighted by Crippen LogP contribution is 2.29. The molecule has 0 saturated heterocycles. The van der Waals surface area contributed by atoms with E-state index in [0.717, 1.165) is 0 Å². The highest BCUT2D eigenvalue weighted by Gasteiger charge is 2.32. The molecule has 0 aromatic heterocycles. The Labute approximate surface area is 113 Å². The quantitative estimate of drug-likeness (QED) is 0.837. The molecule has 0 heterocycles. The van der Waals surface area contributed by atoms with Crippen molar-refractivity contribution in [1.29, 1.82) is 0 Å². The Morgan fingerprint density at radius 3 is 2.42 bits per heavy atom. The van der Waals surface area contributed by atoms with Crippen LogP contribution in [0.1, 0.15) is 24.9 Å². The van der Waals surface area contributed by atoms with E-state index >= 15 is 0 Å². The zero-order chi connectivity index (χ0) is 14.3. The lowest BCUT2D eigenvalue weighted by Gasteiger charge is -2.20. The van der Waals surface area contributed by atoms with Crippen LogP contribution in [0.15, 0.2) is 30.3 Å². The van der Waals surface area contributed by atoms with Gasteiger partial charge in [-0.15, -0.1) is 0 Å². The molecule has 1 N–H and O–H groups in total. The van der Waals surface area contributed by atoms with E-state index < -0.39 is 29.4 Å². The average molecular weight is 293 g/mol. The zero-order valence-corrected chi connectivity index (χ0v) is 11.6. The smallest absolute Gasteiger partial charge is 0.309 e. The maximum absolute atomic E-state index is 12.5. The maximum atomic E-state index is 12.5. The van der Waals surface area contributed by atoms with Crippen molar-refractivity contribution in [3.8, 4) is 0 Å². The fraction of sp³-hybridized carbons (Fsp3) is 0.538. The van der Waals surface area contributed by atoms with Gasteiger partial charge in [0.2, 0.25) is 0 Å². The van der Waals surface area contributed by atoms with E-state index in [4.69, 9.17) is 0 Å². The van der Waals surface area contributed by atoms with Crippen LogP contribution in [0, 0.1) is 0 Å². The monoisotopic (exact) mass is 293 g/mol. The number of hydrogen-bond acceptors (Lipinski definition) is 2. The molecule has 2 nitrogen and oxygen atoms in total. The summed E-state index contributed by atoms with van der Waals surface area (Å²) in [5.74, 6) is 0.897. The summed E-state index contributed by atoms with van der Waals surface area (Å²) in [6.45, 7) is 2.11. The summed E-state index contributed by atoms with van der Waals surface area (Å²) in [6, 6.07) is 7.74. The molecule has 0 aliphatic heterocycles. The van der Waals surface area contributed by atoms with Gasteiger partial charge in [-0.25, -0.2) is 0 Å². The van der Waals surface area contributed by atoms with Crippen molar-refractivity contribution in [2.75, 3.05) is 18.1 Å². The third-order valence-corrected chi connectivity index (χ3v) is 3.98. The molecular weight excluding hydrogens is 275 g/mol. The van der Waals surface area contributed by atoms with Gasteiger partial charge >= 0.3 is 6.18 Å². The number of rotatable bonds is 7. The van der Waals surface area contributed by atoms with Gasteiger partial charge in [-0.05, 0) is 5.56 Å². The van der Waals surface area contributed by atoms with Crippen LogP contribution >= 0.6 is 0 Å². The van der Waals surface area contributed by atoms with Crippen molar-refractivity contribution in [2.24, 2.45) is 0 Å². The van der Waals surface area contributed by atoms with Crippen molar-refractivity contribution >= 4 is 10.8 Å². The Bertz CT molecular complexity index is 395. The Hall–Kier alpha value is -0.880. The van der Waals surface area contributed by atoms with Crippen molar-refractivity contribution in [3.63, 3.8) is 0 Å². The molecule has 0 aliphatic carbocycles. The first-order valence-corrected chi connectivity index (χ1v) is 7.61. The van der Waals surface area contributed by atoms with E-state index in [1.807, 2.05) is 0 Å². The predicted molar refractivity (Wildman–Crippen MR) is 71.4 cm³/mol. The minimum Gasteiger partial charge on any atom is -0.309 e. The normalized spacial score (nSPS) is 15.2. The molecule has 108 valence electrons. The number of nitrogens with one attached hydrogen (secondary N) is 1. The summed E-state index contributed by atoms with van der Waals surface area (Å²) in [5.41, 5.74) is 0.599. The van der Waals surface area contributed by atoms with Gasteiger partial charge in [-0.2, -0.15) is 13.2 Å². The summed E-state index contributed by atoms with van der Waals surface area (Å²) >= 11 is 0. The molecule has 2 unspecified atom stereocenters. The van der Waals surface area contributed by atoms with Crippen LogP contribution in [0.5, 0.6) is 0 Å². The van der Waals surface area contributed by atoms with Crippen molar-refractivity contribution < 1.29 is 17.4 Å². The molecule has 0 radical (unpaired) electrons. The molecule has 0 saturated carbocycles. The number of halogens is 3. The van der Waals surface area contributed by atoms with E-state index in [1.165, 1.54) is 0 Å². The third-order valence-electron chi connectivity index (χ3n) is 2.68. The Kier molecular flexibility index (Phi) is 6.51. The van der Waals surface area contributed by atoms with E-state index in [-0.39, 0.29) is 0 Å². The predicted octanol–water partition coefficient (Wildman–Crippen LogP) is 3.04. The number of hydrogen-bond donors (Lipinski definition) is 1. The number of alkyl halides is 3. The summed E-state index contributed by atoms with van der Waals surface area (Å²) in [5, 5.41) is 2.84. The molecule has 0 amide bonds. The molecule has 19 heavy (non-hydrogen) atoms. The SMILES string of the molecule is CCS(=O)CCNC(CC(F)(F)F)c1ccccc1. The highest BCUT2D eigenvalue weighted by molar-refractivity contribution is 7.84. The van der Waals surface area contributed by atoms with E-state index in [9.17, 15) is 17.4 Å². The summed E-state index contributed by atoms with van der Waals surface area (Å²) in [6.07, 6.45) is -5.15. The van der Waals surface area contributed by atoms with Gasteiger partial charge in [0, 0.05) is 34.9 Å². The lowest BCUT2D eigenvalue weighted by atomic mass is 10.0. The minimum atomic E-state index is -4.22. The molecule has 0 aliphatic rings. The van der Waals surface area contributed by atoms with Gasteiger partial charge in [0.15, 0.2) is 0 Å². The molecule has 0 fully saturated rings. The molecule has 1 aromatic rings. The summed E-state index contributed by atoms with van der Waals surface area (Å²) in [4.78, 5) is 0. The van der Waals surface area contributed by atoms with Crippen LogP contribution in [0.3, 0.4) is 0 Å². The second kappa shape index (κ2) is 7.65. The van der Waals surface area contributed by atoms with Crippen LogP contribution in [0.25, 0.3) is 0 Å². The van der Waals surface area contributed by atoms with Crippen molar-refractivity contribution in [2.45, 2.75) is 25.6 Å². The fourth-order valence-electron chi connectivity index (χ4n) is 1.72. The highest BCUT2D eigenvalue weighted by atomic mass is 32.2.